The predicted molar refractivity (Wildman–Crippen MR) is 70.5 cm³/mol. The summed E-state index contributed by atoms with van der Waals surface area (Å²) in [6.07, 6.45) is 2.64. The first-order valence-corrected chi connectivity index (χ1v) is 8.71. The molecule has 86 valence electrons. The second kappa shape index (κ2) is 5.07. The van der Waals surface area contributed by atoms with Gasteiger partial charge >= 0.3 is 0 Å². The van der Waals surface area contributed by atoms with E-state index in [-0.39, 0.29) is 0 Å². The summed E-state index contributed by atoms with van der Waals surface area (Å²) in [6.45, 7) is 6.69. The van der Waals surface area contributed by atoms with Crippen molar-refractivity contribution in [3.05, 3.63) is 35.4 Å². The first kappa shape index (κ1) is 12.6. The summed E-state index contributed by atoms with van der Waals surface area (Å²) >= 11 is 0. The van der Waals surface area contributed by atoms with Gasteiger partial charge in [0, 0.05) is 12.6 Å². The average Bonchev–Trinajstić information content (AvgIpc) is 2.25. The first-order valence-electron chi connectivity index (χ1n) is 5.26. The van der Waals surface area contributed by atoms with Gasteiger partial charge in [-0.3, -0.25) is 4.79 Å². The van der Waals surface area contributed by atoms with Gasteiger partial charge in [-0.15, -0.1) is 0 Å². The zero-order valence-electron chi connectivity index (χ0n) is 10.3. The number of aldehydes is 1. The maximum Gasteiger partial charge on any atom is 0.168 e. The number of benzene rings is 1. The first-order chi connectivity index (χ1) is 7.43. The molecular weight excluding hydrogens is 216 g/mol. The molecule has 0 amide bonds. The highest BCUT2D eigenvalue weighted by Crippen LogP contribution is 2.07. The van der Waals surface area contributed by atoms with E-state index in [1.165, 1.54) is 0 Å². The Balaban J connectivity index is 2.80. The van der Waals surface area contributed by atoms with Gasteiger partial charge in [-0.1, -0.05) is 37.8 Å². The summed E-state index contributed by atoms with van der Waals surface area (Å²) in [4.78, 5) is 10.6. The fourth-order valence-corrected chi connectivity index (χ4v) is 1.44. The normalized spacial score (nSPS) is 11.8. The number of hydrazone groups is 1. The fraction of sp³-hybridized carbons (Fsp3) is 0.333. The predicted octanol–water partition coefficient (Wildman–Crippen LogP) is 2.60. The number of nitrogens with zero attached hydrogens (tertiary/aromatic N) is 2. The Morgan fingerprint density at radius 3 is 2.44 bits per heavy atom. The van der Waals surface area contributed by atoms with E-state index >= 15 is 0 Å². The molecule has 0 aliphatic heterocycles. The minimum absolute atomic E-state index is 0.680. The number of carbonyl (C=O) groups is 1. The Hall–Kier alpha value is -1.42. The molecule has 1 aromatic rings. The van der Waals surface area contributed by atoms with Crippen LogP contribution in [0.25, 0.3) is 0 Å². The molecule has 0 aliphatic rings. The van der Waals surface area contributed by atoms with Crippen molar-refractivity contribution in [2.24, 2.45) is 5.10 Å². The van der Waals surface area contributed by atoms with Crippen LogP contribution in [0.3, 0.4) is 0 Å². The van der Waals surface area contributed by atoms with E-state index in [1.54, 1.807) is 12.3 Å². The monoisotopic (exact) mass is 234 g/mol. The third kappa shape index (κ3) is 3.62. The van der Waals surface area contributed by atoms with Crippen molar-refractivity contribution in [2.75, 3.05) is 7.05 Å². The van der Waals surface area contributed by atoms with Crippen molar-refractivity contribution < 1.29 is 4.79 Å². The van der Waals surface area contributed by atoms with Crippen molar-refractivity contribution >= 4 is 20.7 Å². The van der Waals surface area contributed by atoms with Crippen molar-refractivity contribution in [3.63, 3.8) is 0 Å². The van der Waals surface area contributed by atoms with Crippen molar-refractivity contribution in [1.29, 1.82) is 0 Å². The maximum atomic E-state index is 10.6. The summed E-state index contributed by atoms with van der Waals surface area (Å²) in [5, 5.41) is 4.40. The molecule has 0 aromatic heterocycles. The summed E-state index contributed by atoms with van der Waals surface area (Å²) in [6, 6.07) is 7.41. The van der Waals surface area contributed by atoms with Gasteiger partial charge in [0.05, 0.1) is 6.21 Å². The molecule has 0 radical (unpaired) electrons. The highest BCUT2D eigenvalue weighted by Gasteiger charge is 2.18. The molecule has 1 aromatic carbocycles. The minimum Gasteiger partial charge on any atom is -0.328 e. The van der Waals surface area contributed by atoms with E-state index in [4.69, 9.17) is 0 Å². The Bertz CT molecular complexity index is 396. The zero-order valence-corrected chi connectivity index (χ0v) is 11.3. The standard InChI is InChI=1S/C12H18N2OSi/c1-14(16(2,3)4)13-9-11-6-5-7-12(8-11)10-15/h5-10H,1-4H3. The highest BCUT2D eigenvalue weighted by atomic mass is 28.3. The maximum absolute atomic E-state index is 10.6. The second-order valence-electron chi connectivity index (χ2n) is 4.73. The molecule has 0 N–H and O–H groups in total. The summed E-state index contributed by atoms with van der Waals surface area (Å²) in [7, 11) is 0.622. The number of hydrogen-bond acceptors (Lipinski definition) is 3. The zero-order chi connectivity index (χ0) is 12.2. The molecule has 0 spiro atoms. The molecule has 0 bridgehead atoms. The van der Waals surface area contributed by atoms with Gasteiger partial charge < -0.3 is 4.67 Å². The van der Waals surface area contributed by atoms with E-state index in [0.717, 1.165) is 11.8 Å². The number of hydrogen-bond donors (Lipinski definition) is 0. The Morgan fingerprint density at radius 1 is 1.25 bits per heavy atom. The van der Waals surface area contributed by atoms with Gasteiger partial charge in [0.15, 0.2) is 8.24 Å². The largest absolute Gasteiger partial charge is 0.328 e. The van der Waals surface area contributed by atoms with Gasteiger partial charge in [0.1, 0.15) is 6.29 Å². The fourth-order valence-electron chi connectivity index (χ4n) is 1.04. The molecule has 0 unspecified atom stereocenters. The van der Waals surface area contributed by atoms with Gasteiger partial charge in [-0.05, 0) is 11.6 Å². The van der Waals surface area contributed by atoms with Crippen molar-refractivity contribution in [3.8, 4) is 0 Å². The smallest absolute Gasteiger partial charge is 0.168 e. The Kier molecular flexibility index (Phi) is 4.01. The summed E-state index contributed by atoms with van der Waals surface area (Å²) in [5.74, 6) is 0. The van der Waals surface area contributed by atoms with Crippen molar-refractivity contribution in [1.82, 2.24) is 4.67 Å². The third-order valence-corrected chi connectivity index (χ3v) is 4.45. The van der Waals surface area contributed by atoms with Crippen LogP contribution in [0.5, 0.6) is 0 Å². The summed E-state index contributed by atoms with van der Waals surface area (Å²) in [5.41, 5.74) is 1.63. The van der Waals surface area contributed by atoms with E-state index in [1.807, 2.05) is 29.9 Å². The van der Waals surface area contributed by atoms with E-state index in [0.29, 0.717) is 5.56 Å². The van der Waals surface area contributed by atoms with E-state index in [2.05, 4.69) is 24.7 Å². The SMILES string of the molecule is CN(N=Cc1cccc(C=O)c1)[Si](C)(C)C. The molecule has 0 atom stereocenters. The second-order valence-corrected chi connectivity index (χ2v) is 9.72. The van der Waals surface area contributed by atoms with Crippen LogP contribution in [-0.4, -0.2) is 32.5 Å². The average molecular weight is 234 g/mol. The molecule has 1 rings (SSSR count). The summed E-state index contributed by atoms with van der Waals surface area (Å²) < 4.78 is 2.03. The van der Waals surface area contributed by atoms with Crippen LogP contribution in [-0.2, 0) is 0 Å². The van der Waals surface area contributed by atoms with Gasteiger partial charge in [0.2, 0.25) is 0 Å². The molecule has 16 heavy (non-hydrogen) atoms. The molecule has 3 nitrogen and oxygen atoms in total. The number of rotatable bonds is 4. The molecule has 0 heterocycles. The highest BCUT2D eigenvalue weighted by molar-refractivity contribution is 6.73. The van der Waals surface area contributed by atoms with Crippen LogP contribution in [0.15, 0.2) is 29.4 Å². The Morgan fingerprint density at radius 2 is 1.88 bits per heavy atom. The van der Waals surface area contributed by atoms with Crippen LogP contribution in [0.4, 0.5) is 0 Å². The van der Waals surface area contributed by atoms with E-state index < -0.39 is 8.24 Å². The topological polar surface area (TPSA) is 32.7 Å². The number of carbonyl (C=O) groups excluding carboxylic acids is 1. The van der Waals surface area contributed by atoms with Gasteiger partial charge in [-0.2, -0.15) is 5.10 Å². The lowest BCUT2D eigenvalue weighted by Crippen LogP contribution is -2.39. The quantitative estimate of drug-likeness (QED) is 0.347. The molecule has 0 fully saturated rings. The van der Waals surface area contributed by atoms with Crippen LogP contribution < -0.4 is 0 Å². The van der Waals surface area contributed by atoms with Crippen molar-refractivity contribution in [2.45, 2.75) is 19.6 Å². The molecule has 0 saturated carbocycles. The molecule has 0 aliphatic carbocycles. The Labute approximate surface area is 97.9 Å². The van der Waals surface area contributed by atoms with Crippen LogP contribution in [0, 0.1) is 0 Å². The molecule has 4 heteroatoms. The molecule has 0 saturated heterocycles. The lowest BCUT2D eigenvalue weighted by atomic mass is 10.1. The lowest BCUT2D eigenvalue weighted by molar-refractivity contribution is 0.112. The van der Waals surface area contributed by atoms with Crippen LogP contribution in [0.2, 0.25) is 19.6 Å². The third-order valence-electron chi connectivity index (χ3n) is 2.40. The van der Waals surface area contributed by atoms with E-state index in [9.17, 15) is 4.79 Å². The van der Waals surface area contributed by atoms with Gasteiger partial charge in [0.25, 0.3) is 0 Å². The minimum atomic E-state index is -1.37. The van der Waals surface area contributed by atoms with Gasteiger partial charge in [-0.25, -0.2) is 0 Å². The molecular formula is C12H18N2OSi. The van der Waals surface area contributed by atoms with Crippen LogP contribution >= 0.6 is 0 Å². The van der Waals surface area contributed by atoms with Crippen LogP contribution in [0.1, 0.15) is 15.9 Å². The lowest BCUT2D eigenvalue weighted by Gasteiger charge is -2.26.